The largest absolute Gasteiger partial charge is 0.481 e. The number of carbonyl (C=O) groups is 1. The number of aryl methyl sites for hydroxylation is 1. The standard InChI is InChI=1S/C12H14BrNO5S/c1-7-4-8(2-3-10(7)13)20(17,18)14-11-6-19-5-9(11)12(15)16/h2-4,9,11,14H,5-6H2,1H3,(H,15,16). The normalized spacial score (nSPS) is 22.9. The lowest BCUT2D eigenvalue weighted by molar-refractivity contribution is -0.142. The summed E-state index contributed by atoms with van der Waals surface area (Å²) in [5.74, 6) is -1.93. The van der Waals surface area contributed by atoms with E-state index in [0.29, 0.717) is 0 Å². The molecule has 1 fully saturated rings. The van der Waals surface area contributed by atoms with Gasteiger partial charge >= 0.3 is 5.97 Å². The van der Waals surface area contributed by atoms with Crippen molar-refractivity contribution in [1.82, 2.24) is 4.72 Å². The first kappa shape index (κ1) is 15.4. The zero-order chi connectivity index (χ0) is 14.9. The molecule has 1 heterocycles. The van der Waals surface area contributed by atoms with Crippen LogP contribution in [0.25, 0.3) is 0 Å². The van der Waals surface area contributed by atoms with Crippen molar-refractivity contribution < 1.29 is 23.1 Å². The fourth-order valence-corrected chi connectivity index (χ4v) is 3.56. The summed E-state index contributed by atoms with van der Waals surface area (Å²) in [6.45, 7) is 1.86. The Balaban J connectivity index is 2.22. The summed E-state index contributed by atoms with van der Waals surface area (Å²) < 4.78 is 32.7. The molecule has 110 valence electrons. The Morgan fingerprint density at radius 2 is 2.15 bits per heavy atom. The molecule has 0 amide bonds. The summed E-state index contributed by atoms with van der Waals surface area (Å²) in [7, 11) is -3.76. The average molecular weight is 364 g/mol. The number of benzene rings is 1. The van der Waals surface area contributed by atoms with Crippen LogP contribution < -0.4 is 4.72 Å². The van der Waals surface area contributed by atoms with Gasteiger partial charge in [0.05, 0.1) is 30.1 Å². The molecular weight excluding hydrogens is 350 g/mol. The molecule has 0 aromatic heterocycles. The van der Waals surface area contributed by atoms with Gasteiger partial charge in [-0.3, -0.25) is 4.79 Å². The second-order valence-electron chi connectivity index (χ2n) is 4.62. The van der Waals surface area contributed by atoms with Crippen LogP contribution in [-0.2, 0) is 19.6 Å². The van der Waals surface area contributed by atoms with Gasteiger partial charge in [0, 0.05) is 4.47 Å². The van der Waals surface area contributed by atoms with E-state index in [9.17, 15) is 13.2 Å². The summed E-state index contributed by atoms with van der Waals surface area (Å²) in [5.41, 5.74) is 0.783. The quantitative estimate of drug-likeness (QED) is 0.836. The Labute approximate surface area is 125 Å². The third-order valence-corrected chi connectivity index (χ3v) is 5.52. The van der Waals surface area contributed by atoms with Crippen molar-refractivity contribution in [3.63, 3.8) is 0 Å². The lowest BCUT2D eigenvalue weighted by atomic mass is 10.1. The monoisotopic (exact) mass is 363 g/mol. The van der Waals surface area contributed by atoms with Crippen molar-refractivity contribution in [3.05, 3.63) is 28.2 Å². The molecule has 2 N–H and O–H groups in total. The molecule has 2 atom stereocenters. The molecule has 1 saturated heterocycles. The van der Waals surface area contributed by atoms with Crippen LogP contribution >= 0.6 is 15.9 Å². The lowest BCUT2D eigenvalue weighted by Gasteiger charge is -2.16. The van der Waals surface area contributed by atoms with E-state index in [0.717, 1.165) is 10.0 Å². The van der Waals surface area contributed by atoms with Gasteiger partial charge in [0.2, 0.25) is 10.0 Å². The predicted octanol–water partition coefficient (Wildman–Crippen LogP) is 1.14. The van der Waals surface area contributed by atoms with Crippen molar-refractivity contribution in [3.8, 4) is 0 Å². The van der Waals surface area contributed by atoms with Crippen LogP contribution in [0.3, 0.4) is 0 Å². The summed E-state index contributed by atoms with van der Waals surface area (Å²) in [6, 6.07) is 3.88. The molecule has 0 radical (unpaired) electrons. The van der Waals surface area contributed by atoms with Crippen LogP contribution in [-0.4, -0.2) is 38.7 Å². The van der Waals surface area contributed by atoms with Crippen molar-refractivity contribution in [2.75, 3.05) is 13.2 Å². The molecule has 0 aliphatic carbocycles. The maximum atomic E-state index is 12.2. The summed E-state index contributed by atoms with van der Waals surface area (Å²) >= 11 is 3.30. The zero-order valence-electron chi connectivity index (χ0n) is 10.7. The second-order valence-corrected chi connectivity index (χ2v) is 7.19. The van der Waals surface area contributed by atoms with Crippen LogP contribution in [0.5, 0.6) is 0 Å². The molecule has 1 aromatic rings. The first-order chi connectivity index (χ1) is 9.31. The smallest absolute Gasteiger partial charge is 0.310 e. The Morgan fingerprint density at radius 1 is 1.45 bits per heavy atom. The molecule has 8 heteroatoms. The van der Waals surface area contributed by atoms with Gasteiger partial charge in [-0.15, -0.1) is 0 Å². The van der Waals surface area contributed by atoms with Crippen LogP contribution in [0, 0.1) is 12.8 Å². The van der Waals surface area contributed by atoms with Gasteiger partial charge in [-0.05, 0) is 30.7 Å². The highest BCUT2D eigenvalue weighted by molar-refractivity contribution is 9.10. The van der Waals surface area contributed by atoms with E-state index in [4.69, 9.17) is 9.84 Å². The third kappa shape index (κ3) is 3.20. The van der Waals surface area contributed by atoms with E-state index >= 15 is 0 Å². The van der Waals surface area contributed by atoms with E-state index in [-0.39, 0.29) is 18.1 Å². The highest BCUT2D eigenvalue weighted by Crippen LogP contribution is 2.22. The van der Waals surface area contributed by atoms with Gasteiger partial charge in [-0.1, -0.05) is 15.9 Å². The fraction of sp³-hybridized carbons (Fsp3) is 0.417. The molecular formula is C12H14BrNO5S. The Morgan fingerprint density at radius 3 is 2.75 bits per heavy atom. The topological polar surface area (TPSA) is 92.7 Å². The van der Waals surface area contributed by atoms with Crippen LogP contribution in [0.15, 0.2) is 27.6 Å². The van der Waals surface area contributed by atoms with Crippen LogP contribution in [0.1, 0.15) is 5.56 Å². The molecule has 1 aromatic carbocycles. The van der Waals surface area contributed by atoms with Crippen molar-refractivity contribution in [2.24, 2.45) is 5.92 Å². The highest BCUT2D eigenvalue weighted by atomic mass is 79.9. The molecule has 1 aliphatic rings. The van der Waals surface area contributed by atoms with E-state index in [1.807, 2.05) is 0 Å². The van der Waals surface area contributed by atoms with E-state index in [1.165, 1.54) is 12.1 Å². The third-order valence-electron chi connectivity index (χ3n) is 3.14. The molecule has 0 saturated carbocycles. The lowest BCUT2D eigenvalue weighted by Crippen LogP contribution is -2.42. The summed E-state index contributed by atoms with van der Waals surface area (Å²) in [4.78, 5) is 11.1. The molecule has 6 nitrogen and oxygen atoms in total. The fourth-order valence-electron chi connectivity index (χ4n) is 1.97. The number of hydrogen-bond acceptors (Lipinski definition) is 4. The van der Waals surface area contributed by atoms with Gasteiger partial charge in [0.25, 0.3) is 0 Å². The van der Waals surface area contributed by atoms with Crippen molar-refractivity contribution in [2.45, 2.75) is 17.9 Å². The molecule has 0 bridgehead atoms. The first-order valence-electron chi connectivity index (χ1n) is 5.90. The van der Waals surface area contributed by atoms with Crippen molar-refractivity contribution in [1.29, 1.82) is 0 Å². The SMILES string of the molecule is Cc1cc(S(=O)(=O)NC2COCC2C(=O)O)ccc1Br. The second kappa shape index (κ2) is 5.80. The number of halogens is 1. The number of aliphatic carboxylic acids is 1. The Hall–Kier alpha value is -0.960. The van der Waals surface area contributed by atoms with E-state index < -0.39 is 28.0 Å². The molecule has 2 unspecified atom stereocenters. The van der Waals surface area contributed by atoms with Gasteiger partial charge in [0.15, 0.2) is 0 Å². The molecule has 0 spiro atoms. The minimum Gasteiger partial charge on any atom is -0.481 e. The van der Waals surface area contributed by atoms with Gasteiger partial charge in [0.1, 0.15) is 0 Å². The van der Waals surface area contributed by atoms with E-state index in [2.05, 4.69) is 20.7 Å². The molecule has 1 aliphatic heterocycles. The number of ether oxygens (including phenoxy) is 1. The number of sulfonamides is 1. The van der Waals surface area contributed by atoms with Crippen LogP contribution in [0.4, 0.5) is 0 Å². The van der Waals surface area contributed by atoms with E-state index in [1.54, 1.807) is 13.0 Å². The Bertz CT molecular complexity index is 631. The van der Waals surface area contributed by atoms with Gasteiger partial charge < -0.3 is 9.84 Å². The van der Waals surface area contributed by atoms with Gasteiger partial charge in [-0.25, -0.2) is 13.1 Å². The predicted molar refractivity (Wildman–Crippen MR) is 74.9 cm³/mol. The Kier molecular flexibility index (Phi) is 4.48. The zero-order valence-corrected chi connectivity index (χ0v) is 13.1. The van der Waals surface area contributed by atoms with Crippen molar-refractivity contribution >= 4 is 31.9 Å². The maximum absolute atomic E-state index is 12.2. The maximum Gasteiger partial charge on any atom is 0.310 e. The number of hydrogen-bond donors (Lipinski definition) is 2. The minimum atomic E-state index is -3.76. The van der Waals surface area contributed by atoms with Crippen LogP contribution in [0.2, 0.25) is 0 Å². The molecule has 20 heavy (non-hydrogen) atoms. The highest BCUT2D eigenvalue weighted by Gasteiger charge is 2.37. The van der Waals surface area contributed by atoms with Gasteiger partial charge in [-0.2, -0.15) is 0 Å². The minimum absolute atomic E-state index is 0.0158. The number of carboxylic acid groups (broad SMARTS) is 1. The number of nitrogens with one attached hydrogen (secondary N) is 1. The number of carboxylic acids is 1. The molecule has 2 rings (SSSR count). The first-order valence-corrected chi connectivity index (χ1v) is 8.18. The summed E-state index contributed by atoms with van der Waals surface area (Å²) in [6.07, 6.45) is 0. The average Bonchev–Trinajstić information content (AvgIpc) is 2.80. The number of rotatable bonds is 4. The summed E-state index contributed by atoms with van der Waals surface area (Å²) in [5, 5.41) is 9.01.